The summed E-state index contributed by atoms with van der Waals surface area (Å²) in [4.78, 5) is 12.1. The van der Waals surface area contributed by atoms with Crippen LogP contribution in [0.15, 0.2) is 12.2 Å². The summed E-state index contributed by atoms with van der Waals surface area (Å²) < 4.78 is 0. The van der Waals surface area contributed by atoms with E-state index in [2.05, 4.69) is 13.5 Å². The molecule has 0 saturated heterocycles. The molecule has 8 atom stereocenters. The molecule has 0 heterocycles. The minimum atomic E-state index is -0.961. The van der Waals surface area contributed by atoms with Crippen molar-refractivity contribution >= 4 is 5.97 Å². The topological polar surface area (TPSA) is 77.8 Å². The van der Waals surface area contributed by atoms with Crippen LogP contribution in [-0.4, -0.2) is 33.5 Å². The molecule has 4 heteroatoms. The number of rotatable bonds is 1. The molecule has 4 aliphatic carbocycles. The van der Waals surface area contributed by atoms with Gasteiger partial charge in [0.25, 0.3) is 0 Å². The van der Waals surface area contributed by atoms with Crippen LogP contribution in [0.1, 0.15) is 58.8 Å². The van der Waals surface area contributed by atoms with Gasteiger partial charge < -0.3 is 15.3 Å². The fourth-order valence-corrected chi connectivity index (χ4v) is 7.68. The van der Waals surface area contributed by atoms with E-state index >= 15 is 0 Å². The summed E-state index contributed by atoms with van der Waals surface area (Å²) in [6.45, 7) is 8.22. The highest BCUT2D eigenvalue weighted by Gasteiger charge is 2.71. The zero-order valence-corrected chi connectivity index (χ0v) is 14.8. The van der Waals surface area contributed by atoms with Crippen molar-refractivity contribution in [1.29, 1.82) is 0 Å². The highest BCUT2D eigenvalue weighted by atomic mass is 16.4. The van der Waals surface area contributed by atoms with Crippen molar-refractivity contribution in [3.05, 3.63) is 12.2 Å². The Labute approximate surface area is 144 Å². The minimum Gasteiger partial charge on any atom is -0.481 e. The SMILES string of the molecule is C=C1C[C@]23C[C@H]1CC[C@H]2[C@]1(C)CCC[C@@](C)(C(=O)O)[C@H]1[C@H](O)[C@@H]3O. The standard InChI is InChI=1S/C20H30O4/c1-11-9-20-10-12(11)5-6-13(20)18(2)7-4-8-19(3,17(23)24)15(18)14(21)16(20)22/h12-16,21-22H,1,4-10H2,2-3H3,(H,23,24)/t12-,13+,14+,15+,16+,18+,19-,20+/m1/s1. The van der Waals surface area contributed by atoms with Gasteiger partial charge in [0.1, 0.15) is 0 Å². The lowest BCUT2D eigenvalue weighted by molar-refractivity contribution is -0.254. The minimum absolute atomic E-state index is 0.223. The Kier molecular flexibility index (Phi) is 3.35. The maximum absolute atomic E-state index is 12.1. The van der Waals surface area contributed by atoms with Crippen LogP contribution in [0.3, 0.4) is 0 Å². The summed E-state index contributed by atoms with van der Waals surface area (Å²) >= 11 is 0. The number of carboxylic acid groups (broad SMARTS) is 1. The van der Waals surface area contributed by atoms with E-state index in [0.717, 1.165) is 38.5 Å². The number of aliphatic hydroxyl groups is 2. The predicted octanol–water partition coefficient (Wildman–Crippen LogP) is 2.98. The van der Waals surface area contributed by atoms with Crippen LogP contribution in [-0.2, 0) is 4.79 Å². The Balaban J connectivity index is 1.85. The number of hydrogen-bond acceptors (Lipinski definition) is 3. The largest absolute Gasteiger partial charge is 0.481 e. The Morgan fingerprint density at radius 1 is 1.21 bits per heavy atom. The Morgan fingerprint density at radius 3 is 2.58 bits per heavy atom. The maximum Gasteiger partial charge on any atom is 0.309 e. The highest BCUT2D eigenvalue weighted by molar-refractivity contribution is 5.75. The van der Waals surface area contributed by atoms with Crippen molar-refractivity contribution in [2.45, 2.75) is 71.0 Å². The molecule has 1 spiro atoms. The van der Waals surface area contributed by atoms with Gasteiger partial charge in [0, 0.05) is 11.3 Å². The molecule has 0 aliphatic heterocycles. The number of hydrogen-bond donors (Lipinski definition) is 3. The van der Waals surface area contributed by atoms with Crippen LogP contribution in [0.25, 0.3) is 0 Å². The number of carboxylic acids is 1. The summed E-state index contributed by atoms with van der Waals surface area (Å²) in [5.41, 5.74) is -0.245. The van der Waals surface area contributed by atoms with Crippen molar-refractivity contribution in [3.8, 4) is 0 Å². The van der Waals surface area contributed by atoms with Crippen molar-refractivity contribution in [2.24, 2.45) is 34.0 Å². The fraction of sp³-hybridized carbons (Fsp3) is 0.850. The van der Waals surface area contributed by atoms with Crippen LogP contribution >= 0.6 is 0 Å². The summed E-state index contributed by atoms with van der Waals surface area (Å²) in [6.07, 6.45) is 4.46. The molecule has 0 aromatic carbocycles. The zero-order valence-electron chi connectivity index (χ0n) is 14.8. The second-order valence-electron chi connectivity index (χ2n) is 9.59. The second kappa shape index (κ2) is 4.85. The van der Waals surface area contributed by atoms with Crippen molar-refractivity contribution in [3.63, 3.8) is 0 Å². The molecule has 24 heavy (non-hydrogen) atoms. The van der Waals surface area contributed by atoms with Gasteiger partial charge in [0.15, 0.2) is 0 Å². The molecule has 0 radical (unpaired) electrons. The fourth-order valence-electron chi connectivity index (χ4n) is 7.68. The Morgan fingerprint density at radius 2 is 1.92 bits per heavy atom. The van der Waals surface area contributed by atoms with E-state index in [4.69, 9.17) is 0 Å². The monoisotopic (exact) mass is 334 g/mol. The van der Waals surface area contributed by atoms with E-state index in [1.807, 2.05) is 0 Å². The van der Waals surface area contributed by atoms with Gasteiger partial charge >= 0.3 is 5.97 Å². The van der Waals surface area contributed by atoms with Crippen LogP contribution in [0.4, 0.5) is 0 Å². The van der Waals surface area contributed by atoms with Crippen molar-refractivity contribution < 1.29 is 20.1 Å². The number of aliphatic carboxylic acids is 1. The number of carbonyl (C=O) groups is 1. The first-order chi connectivity index (χ1) is 11.2. The van der Waals surface area contributed by atoms with E-state index in [9.17, 15) is 20.1 Å². The quantitative estimate of drug-likeness (QED) is 0.644. The molecule has 0 aromatic heterocycles. The third-order valence-electron chi connectivity index (χ3n) is 8.60. The highest BCUT2D eigenvalue weighted by Crippen LogP contribution is 2.72. The molecule has 0 aromatic rings. The first-order valence-corrected chi connectivity index (χ1v) is 9.44. The molecular weight excluding hydrogens is 304 g/mol. The molecule has 4 aliphatic rings. The molecular formula is C20H30O4. The molecule has 2 bridgehead atoms. The average molecular weight is 334 g/mol. The van der Waals surface area contributed by atoms with E-state index in [1.54, 1.807) is 6.92 Å². The smallest absolute Gasteiger partial charge is 0.309 e. The summed E-state index contributed by atoms with van der Waals surface area (Å²) in [5.74, 6) is -0.460. The lowest BCUT2D eigenvalue weighted by Crippen LogP contribution is -2.68. The lowest BCUT2D eigenvalue weighted by Gasteiger charge is -2.66. The molecule has 4 saturated carbocycles. The van der Waals surface area contributed by atoms with Gasteiger partial charge in [-0.1, -0.05) is 25.5 Å². The van der Waals surface area contributed by atoms with Gasteiger partial charge in [-0.05, 0) is 62.7 Å². The molecule has 3 N–H and O–H groups in total. The van der Waals surface area contributed by atoms with Crippen LogP contribution < -0.4 is 0 Å². The van der Waals surface area contributed by atoms with Gasteiger partial charge in [-0.15, -0.1) is 0 Å². The first kappa shape index (κ1) is 16.6. The number of fused-ring (bicyclic) bond motifs is 3. The molecule has 0 amide bonds. The van der Waals surface area contributed by atoms with Crippen LogP contribution in [0, 0.1) is 34.0 Å². The predicted molar refractivity (Wildman–Crippen MR) is 90.2 cm³/mol. The van der Waals surface area contributed by atoms with E-state index in [1.165, 1.54) is 5.57 Å². The van der Waals surface area contributed by atoms with Crippen LogP contribution in [0.5, 0.6) is 0 Å². The van der Waals surface area contributed by atoms with Gasteiger partial charge in [0.05, 0.1) is 17.6 Å². The van der Waals surface area contributed by atoms with E-state index in [-0.39, 0.29) is 22.7 Å². The third kappa shape index (κ3) is 1.74. The summed E-state index contributed by atoms with van der Waals surface area (Å²) in [7, 11) is 0. The normalized spacial score (nSPS) is 56.5. The molecule has 4 fully saturated rings. The Hall–Kier alpha value is -0.870. The lowest BCUT2D eigenvalue weighted by atomic mass is 9.39. The second-order valence-corrected chi connectivity index (χ2v) is 9.59. The third-order valence-corrected chi connectivity index (χ3v) is 8.60. The summed E-state index contributed by atoms with van der Waals surface area (Å²) in [5, 5.41) is 32.2. The van der Waals surface area contributed by atoms with Gasteiger partial charge in [-0.3, -0.25) is 4.79 Å². The average Bonchev–Trinajstić information content (AvgIpc) is 2.76. The van der Waals surface area contributed by atoms with Crippen molar-refractivity contribution in [1.82, 2.24) is 0 Å². The Bertz CT molecular complexity index is 600. The zero-order chi connectivity index (χ0) is 17.5. The van der Waals surface area contributed by atoms with Gasteiger partial charge in [-0.25, -0.2) is 0 Å². The molecule has 0 unspecified atom stereocenters. The molecule has 4 nitrogen and oxygen atoms in total. The number of allylic oxidation sites excluding steroid dienone is 1. The molecule has 4 rings (SSSR count). The van der Waals surface area contributed by atoms with E-state index in [0.29, 0.717) is 12.3 Å². The van der Waals surface area contributed by atoms with Gasteiger partial charge in [-0.2, -0.15) is 0 Å². The van der Waals surface area contributed by atoms with Crippen molar-refractivity contribution in [2.75, 3.05) is 0 Å². The van der Waals surface area contributed by atoms with Crippen LogP contribution in [0.2, 0.25) is 0 Å². The van der Waals surface area contributed by atoms with Gasteiger partial charge in [0.2, 0.25) is 0 Å². The van der Waals surface area contributed by atoms with E-state index < -0.39 is 23.6 Å². The first-order valence-electron chi connectivity index (χ1n) is 9.44. The number of aliphatic hydroxyl groups excluding tert-OH is 2. The maximum atomic E-state index is 12.1. The molecule has 134 valence electrons. The summed E-state index contributed by atoms with van der Waals surface area (Å²) in [6, 6.07) is 0.